The lowest BCUT2D eigenvalue weighted by molar-refractivity contribution is -0.155. The van der Waals surface area contributed by atoms with Gasteiger partial charge in [-0.25, -0.2) is 8.42 Å². The molecule has 1 saturated heterocycles. The Hall–Kier alpha value is -3.36. The molecule has 0 radical (unpaired) electrons. The minimum Gasteiger partial charge on any atom is -0.497 e. The minimum atomic E-state index is -3.90. The maximum absolute atomic E-state index is 13.3. The van der Waals surface area contributed by atoms with Gasteiger partial charge < -0.3 is 38.4 Å². The van der Waals surface area contributed by atoms with Crippen molar-refractivity contribution in [3.8, 4) is 17.2 Å². The summed E-state index contributed by atoms with van der Waals surface area (Å²) in [5.41, 5.74) is 0.905. The van der Waals surface area contributed by atoms with Crippen molar-refractivity contribution in [1.29, 1.82) is 0 Å². The molecule has 1 fully saturated rings. The molecule has 5 rings (SSSR count). The number of carbonyl (C=O) groups excluding carboxylic acids is 1. The van der Waals surface area contributed by atoms with Crippen molar-refractivity contribution in [2.75, 3.05) is 66.5 Å². The van der Waals surface area contributed by atoms with E-state index in [1.807, 2.05) is 18.2 Å². The van der Waals surface area contributed by atoms with Crippen LogP contribution in [0, 0.1) is 0 Å². The fourth-order valence-electron chi connectivity index (χ4n) is 4.86. The number of amides is 1. The number of allylic oxidation sites excluding steroid dienone is 1. The predicted octanol–water partition coefficient (Wildman–Crippen LogP) is 1.70. The molecule has 3 aliphatic rings. The zero-order valence-electron chi connectivity index (χ0n) is 22.8. The van der Waals surface area contributed by atoms with Crippen molar-refractivity contribution in [3.63, 3.8) is 0 Å². The molecule has 0 unspecified atom stereocenters. The first kappa shape index (κ1) is 29.1. The fourth-order valence-corrected chi connectivity index (χ4v) is 6.27. The van der Waals surface area contributed by atoms with Crippen LogP contribution in [-0.4, -0.2) is 101 Å². The molecule has 0 spiro atoms. The van der Waals surface area contributed by atoms with Crippen molar-refractivity contribution in [2.45, 2.75) is 23.5 Å². The molecule has 3 heterocycles. The number of fused-ring (bicyclic) bond motifs is 1. The van der Waals surface area contributed by atoms with E-state index in [1.165, 1.54) is 19.2 Å². The second kappa shape index (κ2) is 13.1. The molecule has 1 N–H and O–H groups in total. The second-order valence-corrected chi connectivity index (χ2v) is 11.5. The van der Waals surface area contributed by atoms with E-state index in [9.17, 15) is 18.3 Å². The summed E-state index contributed by atoms with van der Waals surface area (Å²) in [4.78, 5) is 15.1. The molecular formula is C28H34N2O10S. The van der Waals surface area contributed by atoms with Gasteiger partial charge >= 0.3 is 0 Å². The summed E-state index contributed by atoms with van der Waals surface area (Å²) in [5.74, 6) is 1.51. The lowest BCUT2D eigenvalue weighted by Crippen LogP contribution is -2.43. The number of carbonyl (C=O) groups is 1. The molecule has 3 aliphatic heterocycles. The fraction of sp³-hybridized carbons (Fsp3) is 0.464. The van der Waals surface area contributed by atoms with Crippen molar-refractivity contribution in [2.24, 2.45) is 0 Å². The highest BCUT2D eigenvalue weighted by Crippen LogP contribution is 2.38. The van der Waals surface area contributed by atoms with Crippen LogP contribution in [0.3, 0.4) is 0 Å². The van der Waals surface area contributed by atoms with E-state index in [0.717, 1.165) is 9.87 Å². The van der Waals surface area contributed by atoms with Gasteiger partial charge in [0.15, 0.2) is 17.3 Å². The van der Waals surface area contributed by atoms with Gasteiger partial charge in [0.25, 0.3) is 5.91 Å². The van der Waals surface area contributed by atoms with E-state index in [0.29, 0.717) is 50.0 Å². The maximum Gasteiger partial charge on any atom is 0.288 e. The van der Waals surface area contributed by atoms with Crippen LogP contribution in [-0.2, 0) is 29.0 Å². The topological polar surface area (TPSA) is 133 Å². The van der Waals surface area contributed by atoms with Gasteiger partial charge in [0.05, 0.1) is 38.4 Å². The number of sulfonamides is 1. The number of hydrogen-bond acceptors (Lipinski definition) is 10. The molecule has 41 heavy (non-hydrogen) atoms. The SMILES string of the molecule is COc1ccc(S(=O)(=O)N(CCO)CCO[C@@H]2C[C@H](c3ccc4c(c3)OCO4)C=C(C(=O)N3CCOCC3)O2)cc1. The first-order chi connectivity index (χ1) is 19.9. The predicted molar refractivity (Wildman–Crippen MR) is 145 cm³/mol. The van der Waals surface area contributed by atoms with Crippen LogP contribution in [0.4, 0.5) is 0 Å². The lowest BCUT2D eigenvalue weighted by Gasteiger charge is -2.33. The zero-order valence-corrected chi connectivity index (χ0v) is 23.6. The van der Waals surface area contributed by atoms with E-state index in [4.69, 9.17) is 28.4 Å². The van der Waals surface area contributed by atoms with Gasteiger partial charge in [-0.2, -0.15) is 4.31 Å². The molecule has 1 amide bonds. The van der Waals surface area contributed by atoms with Gasteiger partial charge in [-0.3, -0.25) is 4.79 Å². The third kappa shape index (κ3) is 6.76. The van der Waals surface area contributed by atoms with Crippen LogP contribution in [0.2, 0.25) is 0 Å². The molecule has 0 aliphatic carbocycles. The Kier molecular flexibility index (Phi) is 9.30. The quantitative estimate of drug-likeness (QED) is 0.412. The van der Waals surface area contributed by atoms with E-state index in [1.54, 1.807) is 23.1 Å². The molecule has 0 bridgehead atoms. The van der Waals surface area contributed by atoms with Crippen molar-refractivity contribution >= 4 is 15.9 Å². The smallest absolute Gasteiger partial charge is 0.288 e. The first-order valence-corrected chi connectivity index (χ1v) is 14.8. The molecule has 0 saturated carbocycles. The van der Waals surface area contributed by atoms with Crippen molar-refractivity contribution < 1.29 is 46.7 Å². The molecule has 12 nitrogen and oxygen atoms in total. The number of benzene rings is 2. The largest absolute Gasteiger partial charge is 0.497 e. The summed E-state index contributed by atoms with van der Waals surface area (Å²) in [5, 5.41) is 9.55. The van der Waals surface area contributed by atoms with Crippen LogP contribution in [0.25, 0.3) is 0 Å². The highest BCUT2D eigenvalue weighted by Gasteiger charge is 2.33. The lowest BCUT2D eigenvalue weighted by atomic mass is 9.92. The standard InChI is InChI=1S/C28H34N2O10S/c1-35-22-3-5-23(6-4-22)41(33,34)30(8-12-31)11-15-37-27-18-21(20-2-7-24-25(16-20)39-19-38-24)17-26(40-27)28(32)29-9-13-36-14-10-29/h2-7,16-17,21,27,31H,8-15,18-19H2,1H3/t21-,27+/m1/s1. The second-order valence-electron chi connectivity index (χ2n) is 9.61. The Balaban J connectivity index is 1.29. The minimum absolute atomic E-state index is 0.0209. The third-order valence-corrected chi connectivity index (χ3v) is 9.00. The van der Waals surface area contributed by atoms with Crippen LogP contribution >= 0.6 is 0 Å². The summed E-state index contributed by atoms with van der Waals surface area (Å²) in [6.07, 6.45) is 1.38. The molecule has 2 atom stereocenters. The average molecular weight is 591 g/mol. The number of nitrogens with zero attached hydrogens (tertiary/aromatic N) is 2. The number of aliphatic hydroxyl groups excluding tert-OH is 1. The van der Waals surface area contributed by atoms with Crippen LogP contribution in [0.15, 0.2) is 59.2 Å². The molecule has 2 aromatic rings. The van der Waals surface area contributed by atoms with Crippen molar-refractivity contribution in [3.05, 3.63) is 59.9 Å². The number of methoxy groups -OCH3 is 1. The Bertz CT molecular complexity index is 1340. The highest BCUT2D eigenvalue weighted by atomic mass is 32.2. The normalized spacial score (nSPS) is 20.5. The number of rotatable bonds is 11. The Morgan fingerprint density at radius 2 is 1.83 bits per heavy atom. The molecular weight excluding hydrogens is 556 g/mol. The first-order valence-electron chi connectivity index (χ1n) is 13.4. The van der Waals surface area contributed by atoms with Crippen LogP contribution in [0.5, 0.6) is 17.2 Å². The highest BCUT2D eigenvalue weighted by molar-refractivity contribution is 7.89. The summed E-state index contributed by atoms with van der Waals surface area (Å²) in [7, 11) is -2.40. The van der Waals surface area contributed by atoms with Crippen molar-refractivity contribution in [1.82, 2.24) is 9.21 Å². The van der Waals surface area contributed by atoms with Gasteiger partial charge in [0.1, 0.15) is 5.75 Å². The van der Waals surface area contributed by atoms with E-state index >= 15 is 0 Å². The third-order valence-electron chi connectivity index (χ3n) is 7.08. The number of hydrogen-bond donors (Lipinski definition) is 1. The van der Waals surface area contributed by atoms with E-state index in [2.05, 4.69) is 0 Å². The van der Waals surface area contributed by atoms with Gasteiger partial charge in [0, 0.05) is 38.5 Å². The van der Waals surface area contributed by atoms with Gasteiger partial charge in [-0.1, -0.05) is 6.07 Å². The van der Waals surface area contributed by atoms with Gasteiger partial charge in [-0.15, -0.1) is 0 Å². The monoisotopic (exact) mass is 590 g/mol. The van der Waals surface area contributed by atoms with E-state index < -0.39 is 16.3 Å². The Morgan fingerprint density at radius 1 is 1.07 bits per heavy atom. The summed E-state index contributed by atoms with van der Waals surface area (Å²) in [6, 6.07) is 11.7. The summed E-state index contributed by atoms with van der Waals surface area (Å²) >= 11 is 0. The summed E-state index contributed by atoms with van der Waals surface area (Å²) < 4.78 is 61.1. The average Bonchev–Trinajstić information content (AvgIpc) is 3.49. The molecule has 13 heteroatoms. The molecule has 222 valence electrons. The number of morpholine rings is 1. The van der Waals surface area contributed by atoms with Gasteiger partial charge in [0.2, 0.25) is 23.1 Å². The maximum atomic E-state index is 13.3. The van der Waals surface area contributed by atoms with Crippen LogP contribution in [0.1, 0.15) is 17.9 Å². The van der Waals surface area contributed by atoms with E-state index in [-0.39, 0.29) is 55.6 Å². The number of aliphatic hydroxyl groups is 1. The molecule has 2 aromatic carbocycles. The van der Waals surface area contributed by atoms with Gasteiger partial charge in [-0.05, 0) is 48.0 Å². The molecule has 0 aromatic heterocycles. The Labute approximate surface area is 239 Å². The zero-order chi connectivity index (χ0) is 28.8. The number of ether oxygens (including phenoxy) is 6. The van der Waals surface area contributed by atoms with Crippen LogP contribution < -0.4 is 14.2 Å². The summed E-state index contributed by atoms with van der Waals surface area (Å²) in [6.45, 7) is 1.46. The Morgan fingerprint density at radius 3 is 2.56 bits per heavy atom.